The van der Waals surface area contributed by atoms with Crippen LogP contribution >= 0.6 is 27.3 Å². The molecule has 0 aliphatic heterocycles. The first-order valence-electron chi connectivity index (χ1n) is 5.43. The zero-order valence-corrected chi connectivity index (χ0v) is 13.1. The fraction of sp³-hybridized carbons (Fsp3) is 0.182. The van der Waals surface area contributed by atoms with Crippen molar-refractivity contribution in [1.82, 2.24) is 9.71 Å². The quantitative estimate of drug-likeness (QED) is 0.852. The molecule has 0 aliphatic carbocycles. The standard InChI is InChI=1S/C11H12BrN3O2S2/c12-10-4-3-8(18-10)5-7-15-19(16,17)11-9(13)2-1-6-14-11/h1-4,6,15H,5,7,13H2. The molecule has 5 nitrogen and oxygen atoms in total. The molecule has 8 heteroatoms. The largest absolute Gasteiger partial charge is 0.396 e. The lowest BCUT2D eigenvalue weighted by Gasteiger charge is -2.07. The van der Waals surface area contributed by atoms with E-state index in [1.54, 1.807) is 17.4 Å². The van der Waals surface area contributed by atoms with Crippen molar-refractivity contribution in [3.63, 3.8) is 0 Å². The number of hydrogen-bond acceptors (Lipinski definition) is 5. The van der Waals surface area contributed by atoms with Crippen molar-refractivity contribution in [3.8, 4) is 0 Å². The van der Waals surface area contributed by atoms with Crippen LogP contribution in [0.5, 0.6) is 0 Å². The molecule has 19 heavy (non-hydrogen) atoms. The molecule has 2 rings (SSSR count). The monoisotopic (exact) mass is 361 g/mol. The van der Waals surface area contributed by atoms with Crippen LogP contribution in [0.15, 0.2) is 39.3 Å². The lowest BCUT2D eigenvalue weighted by molar-refractivity contribution is 0.578. The second kappa shape index (κ2) is 6.00. The van der Waals surface area contributed by atoms with Gasteiger partial charge >= 0.3 is 0 Å². The van der Waals surface area contributed by atoms with Crippen molar-refractivity contribution in [2.45, 2.75) is 11.4 Å². The van der Waals surface area contributed by atoms with Crippen LogP contribution in [0.2, 0.25) is 0 Å². The number of nitrogens with two attached hydrogens (primary N) is 1. The van der Waals surface area contributed by atoms with Gasteiger partial charge in [-0.05, 0) is 46.6 Å². The molecule has 0 saturated heterocycles. The summed E-state index contributed by atoms with van der Waals surface area (Å²) in [4.78, 5) is 4.90. The highest BCUT2D eigenvalue weighted by Crippen LogP contribution is 2.22. The van der Waals surface area contributed by atoms with E-state index in [0.29, 0.717) is 13.0 Å². The molecule has 0 atom stereocenters. The molecule has 0 unspecified atom stereocenters. The summed E-state index contributed by atoms with van der Waals surface area (Å²) in [7, 11) is -3.65. The van der Waals surface area contributed by atoms with Gasteiger partial charge in [-0.25, -0.2) is 18.1 Å². The summed E-state index contributed by atoms with van der Waals surface area (Å²) in [6.07, 6.45) is 2.03. The van der Waals surface area contributed by atoms with Crippen molar-refractivity contribution in [2.75, 3.05) is 12.3 Å². The number of sulfonamides is 1. The van der Waals surface area contributed by atoms with Gasteiger partial charge in [0.1, 0.15) is 0 Å². The molecule has 102 valence electrons. The third-order valence-electron chi connectivity index (χ3n) is 2.35. The summed E-state index contributed by atoms with van der Waals surface area (Å²) >= 11 is 4.94. The molecular formula is C11H12BrN3O2S2. The number of aromatic nitrogens is 1. The van der Waals surface area contributed by atoms with E-state index in [0.717, 1.165) is 8.66 Å². The molecule has 0 bridgehead atoms. The van der Waals surface area contributed by atoms with Crippen LogP contribution in [0.3, 0.4) is 0 Å². The Hall–Kier alpha value is -0.960. The number of rotatable bonds is 5. The molecule has 2 heterocycles. The number of nitrogen functional groups attached to an aromatic ring is 1. The Balaban J connectivity index is 2.01. The van der Waals surface area contributed by atoms with E-state index in [9.17, 15) is 8.42 Å². The predicted molar refractivity (Wildman–Crippen MR) is 79.6 cm³/mol. The van der Waals surface area contributed by atoms with Gasteiger partial charge in [0, 0.05) is 17.6 Å². The molecule has 0 radical (unpaired) electrons. The Morgan fingerprint density at radius 2 is 2.16 bits per heavy atom. The lowest BCUT2D eigenvalue weighted by atomic mass is 10.3. The van der Waals surface area contributed by atoms with E-state index < -0.39 is 10.0 Å². The van der Waals surface area contributed by atoms with E-state index in [-0.39, 0.29) is 10.7 Å². The first-order valence-corrected chi connectivity index (χ1v) is 8.53. The molecule has 2 aromatic heterocycles. The minimum absolute atomic E-state index is 0.123. The van der Waals surface area contributed by atoms with Gasteiger partial charge in [-0.15, -0.1) is 11.3 Å². The van der Waals surface area contributed by atoms with Crippen molar-refractivity contribution < 1.29 is 8.42 Å². The Morgan fingerprint density at radius 3 is 2.79 bits per heavy atom. The van der Waals surface area contributed by atoms with E-state index >= 15 is 0 Å². The lowest BCUT2D eigenvalue weighted by Crippen LogP contribution is -2.27. The second-order valence-corrected chi connectivity index (χ2v) is 7.98. The van der Waals surface area contributed by atoms with E-state index in [4.69, 9.17) is 5.73 Å². The summed E-state index contributed by atoms with van der Waals surface area (Å²) in [6, 6.07) is 7.00. The van der Waals surface area contributed by atoms with E-state index in [1.807, 2.05) is 12.1 Å². The molecule has 0 aliphatic rings. The third-order valence-corrected chi connectivity index (χ3v) is 5.47. The zero-order chi connectivity index (χ0) is 13.9. The average Bonchev–Trinajstić information content (AvgIpc) is 2.75. The van der Waals surface area contributed by atoms with E-state index in [2.05, 4.69) is 25.6 Å². The number of hydrogen-bond donors (Lipinski definition) is 2. The Kier molecular flexibility index (Phi) is 4.56. The summed E-state index contributed by atoms with van der Waals surface area (Å²) in [5, 5.41) is -0.123. The molecular weight excluding hydrogens is 350 g/mol. The summed E-state index contributed by atoms with van der Waals surface area (Å²) in [6.45, 7) is 0.311. The molecule has 3 N–H and O–H groups in total. The van der Waals surface area contributed by atoms with Crippen LogP contribution in [-0.4, -0.2) is 19.9 Å². The summed E-state index contributed by atoms with van der Waals surface area (Å²) < 4.78 is 27.5. The molecule has 0 aromatic carbocycles. The fourth-order valence-electron chi connectivity index (χ4n) is 1.49. The van der Waals surface area contributed by atoms with E-state index in [1.165, 1.54) is 12.3 Å². The first kappa shape index (κ1) is 14.4. The van der Waals surface area contributed by atoms with Crippen molar-refractivity contribution in [1.29, 1.82) is 0 Å². The van der Waals surface area contributed by atoms with Gasteiger partial charge in [0.25, 0.3) is 10.0 Å². The molecule has 0 amide bonds. The normalized spacial score (nSPS) is 11.6. The van der Waals surface area contributed by atoms with Crippen LogP contribution in [0.25, 0.3) is 0 Å². The number of thiophene rings is 1. The van der Waals surface area contributed by atoms with Gasteiger partial charge in [0.2, 0.25) is 0 Å². The van der Waals surface area contributed by atoms with Gasteiger partial charge in [0.15, 0.2) is 5.03 Å². The highest BCUT2D eigenvalue weighted by atomic mass is 79.9. The topological polar surface area (TPSA) is 85.1 Å². The number of nitrogens with zero attached hydrogens (tertiary/aromatic N) is 1. The fourth-order valence-corrected chi connectivity index (χ4v) is 4.06. The maximum absolute atomic E-state index is 12.0. The average molecular weight is 362 g/mol. The first-order chi connectivity index (χ1) is 8.99. The predicted octanol–water partition coefficient (Wildman–Crippen LogP) is 2.01. The highest BCUT2D eigenvalue weighted by Gasteiger charge is 2.18. The van der Waals surface area contributed by atoms with Gasteiger partial charge in [-0.2, -0.15) is 0 Å². The minimum atomic E-state index is -3.65. The molecule has 0 saturated carbocycles. The highest BCUT2D eigenvalue weighted by molar-refractivity contribution is 9.11. The van der Waals surface area contributed by atoms with Crippen LogP contribution in [0.1, 0.15) is 4.88 Å². The molecule has 2 aromatic rings. The Morgan fingerprint density at radius 1 is 1.37 bits per heavy atom. The van der Waals surface area contributed by atoms with Crippen molar-refractivity contribution in [3.05, 3.63) is 39.1 Å². The van der Waals surface area contributed by atoms with Crippen LogP contribution in [0.4, 0.5) is 5.69 Å². The zero-order valence-electron chi connectivity index (χ0n) is 9.84. The SMILES string of the molecule is Nc1cccnc1S(=O)(=O)NCCc1ccc(Br)s1. The smallest absolute Gasteiger partial charge is 0.260 e. The summed E-state index contributed by atoms with van der Waals surface area (Å²) in [5.41, 5.74) is 5.75. The number of anilines is 1. The molecule has 0 fully saturated rings. The van der Waals surface area contributed by atoms with Gasteiger partial charge in [-0.3, -0.25) is 0 Å². The Labute approximate surface area is 124 Å². The van der Waals surface area contributed by atoms with Crippen molar-refractivity contribution in [2.24, 2.45) is 0 Å². The van der Waals surface area contributed by atoms with Gasteiger partial charge in [0.05, 0.1) is 9.47 Å². The second-order valence-electron chi connectivity index (χ2n) is 3.75. The van der Waals surface area contributed by atoms with Crippen LogP contribution in [-0.2, 0) is 16.4 Å². The van der Waals surface area contributed by atoms with Crippen LogP contribution < -0.4 is 10.5 Å². The van der Waals surface area contributed by atoms with Gasteiger partial charge in [-0.1, -0.05) is 0 Å². The molecule has 0 spiro atoms. The maximum atomic E-state index is 12.0. The minimum Gasteiger partial charge on any atom is -0.396 e. The number of pyridine rings is 1. The number of halogens is 1. The number of nitrogens with one attached hydrogen (secondary N) is 1. The van der Waals surface area contributed by atoms with Crippen molar-refractivity contribution >= 4 is 43.0 Å². The third kappa shape index (κ3) is 3.75. The van der Waals surface area contributed by atoms with Gasteiger partial charge < -0.3 is 5.73 Å². The maximum Gasteiger partial charge on any atom is 0.260 e. The van der Waals surface area contributed by atoms with Crippen LogP contribution in [0, 0.1) is 0 Å². The Bertz CT molecular complexity index is 670. The summed E-state index contributed by atoms with van der Waals surface area (Å²) in [5.74, 6) is 0.